The Hall–Kier alpha value is -1.55. The molecule has 0 N–H and O–H groups in total. The largest absolute Gasteiger partial charge is 0.416 e. The zero-order valence-corrected chi connectivity index (χ0v) is 11.5. The molecule has 0 aliphatic rings. The highest BCUT2D eigenvalue weighted by atomic mass is 35.5. The van der Waals surface area contributed by atoms with E-state index in [4.69, 9.17) is 11.6 Å². The third-order valence-electron chi connectivity index (χ3n) is 3.15. The van der Waals surface area contributed by atoms with Crippen LogP contribution in [0.2, 0.25) is 0 Å². The maximum absolute atomic E-state index is 12.5. The maximum atomic E-state index is 12.5. The molecule has 0 bridgehead atoms. The van der Waals surface area contributed by atoms with Crippen LogP contribution < -0.4 is 0 Å². The first kappa shape index (κ1) is 14.9. The Balaban J connectivity index is 2.19. The van der Waals surface area contributed by atoms with E-state index >= 15 is 0 Å². The van der Waals surface area contributed by atoms with Crippen molar-refractivity contribution in [3.63, 3.8) is 0 Å². The Morgan fingerprint density at radius 2 is 1.70 bits per heavy atom. The molecule has 1 aromatic carbocycles. The molecular weight excluding hydrogens is 287 g/mol. The van der Waals surface area contributed by atoms with Gasteiger partial charge in [-0.25, -0.2) is 0 Å². The van der Waals surface area contributed by atoms with Gasteiger partial charge in [-0.15, -0.1) is 11.6 Å². The molecule has 0 spiro atoms. The average molecular weight is 300 g/mol. The van der Waals surface area contributed by atoms with Gasteiger partial charge in [0.15, 0.2) is 0 Å². The first-order valence-electron chi connectivity index (χ1n) is 6.12. The van der Waals surface area contributed by atoms with Gasteiger partial charge in [0.1, 0.15) is 0 Å². The van der Waals surface area contributed by atoms with E-state index in [-0.39, 0.29) is 5.92 Å². The van der Waals surface area contributed by atoms with Gasteiger partial charge in [0.05, 0.1) is 10.9 Å². The van der Waals surface area contributed by atoms with Crippen molar-refractivity contribution in [1.29, 1.82) is 0 Å². The van der Waals surface area contributed by atoms with E-state index < -0.39 is 17.1 Å². The van der Waals surface area contributed by atoms with Crippen molar-refractivity contribution in [1.82, 2.24) is 4.98 Å². The molecule has 0 radical (unpaired) electrons. The van der Waals surface area contributed by atoms with Crippen LogP contribution in [0.25, 0.3) is 0 Å². The lowest BCUT2D eigenvalue weighted by molar-refractivity contribution is -0.137. The summed E-state index contributed by atoms with van der Waals surface area (Å²) < 4.78 is 37.5. The van der Waals surface area contributed by atoms with Crippen molar-refractivity contribution in [3.8, 4) is 0 Å². The zero-order valence-electron chi connectivity index (χ0n) is 10.7. The molecule has 20 heavy (non-hydrogen) atoms. The predicted octanol–water partition coefficient (Wildman–Crippen LogP) is 5.18. The summed E-state index contributed by atoms with van der Waals surface area (Å²) in [7, 11) is 0. The molecule has 0 saturated heterocycles. The number of pyridine rings is 1. The molecule has 2 atom stereocenters. The molecule has 0 aliphatic heterocycles. The van der Waals surface area contributed by atoms with E-state index in [1.54, 1.807) is 12.3 Å². The molecule has 2 unspecified atom stereocenters. The summed E-state index contributed by atoms with van der Waals surface area (Å²) in [6.45, 7) is 1.90. The Morgan fingerprint density at radius 3 is 2.20 bits per heavy atom. The molecule has 0 aliphatic carbocycles. The van der Waals surface area contributed by atoms with Crippen molar-refractivity contribution < 1.29 is 13.2 Å². The monoisotopic (exact) mass is 299 g/mol. The fraction of sp³-hybridized carbons (Fsp3) is 0.267. The second kappa shape index (κ2) is 5.83. The summed E-state index contributed by atoms with van der Waals surface area (Å²) in [6, 6.07) is 10.4. The van der Waals surface area contributed by atoms with Gasteiger partial charge in [0.2, 0.25) is 0 Å². The minimum atomic E-state index is -4.33. The van der Waals surface area contributed by atoms with Crippen molar-refractivity contribution in [3.05, 3.63) is 65.5 Å². The summed E-state index contributed by atoms with van der Waals surface area (Å²) in [6.07, 6.45) is -2.66. The molecule has 106 valence electrons. The first-order chi connectivity index (χ1) is 9.39. The van der Waals surface area contributed by atoms with Gasteiger partial charge in [-0.2, -0.15) is 13.2 Å². The van der Waals surface area contributed by atoms with Gasteiger partial charge in [-0.1, -0.05) is 25.1 Å². The molecule has 2 rings (SSSR count). The Kier molecular flexibility index (Phi) is 4.33. The molecule has 0 fully saturated rings. The maximum Gasteiger partial charge on any atom is 0.416 e. The second-order valence-electron chi connectivity index (χ2n) is 4.56. The molecule has 1 aromatic heterocycles. The lowest BCUT2D eigenvalue weighted by Crippen LogP contribution is -2.07. The summed E-state index contributed by atoms with van der Waals surface area (Å²) in [5, 5.41) is -0.424. The average Bonchev–Trinajstić information content (AvgIpc) is 2.46. The van der Waals surface area contributed by atoms with Crippen molar-refractivity contribution in [2.75, 3.05) is 0 Å². The standard InChI is InChI=1S/C15H13ClF3N/c1-10(13-4-2-3-9-20-13)14(16)11-5-7-12(8-6-11)15(17,18)19/h2-10,14H,1H3. The first-order valence-corrected chi connectivity index (χ1v) is 6.55. The van der Waals surface area contributed by atoms with Crippen LogP contribution in [-0.4, -0.2) is 4.98 Å². The van der Waals surface area contributed by atoms with Crippen LogP contribution in [0.15, 0.2) is 48.7 Å². The summed E-state index contributed by atoms with van der Waals surface area (Å²) in [5.74, 6) is -0.0883. The zero-order chi connectivity index (χ0) is 14.8. The summed E-state index contributed by atoms with van der Waals surface area (Å²) >= 11 is 6.34. The van der Waals surface area contributed by atoms with Crippen LogP contribution in [-0.2, 0) is 6.18 Å². The highest BCUT2D eigenvalue weighted by Crippen LogP contribution is 2.36. The van der Waals surface area contributed by atoms with Crippen LogP contribution in [0.5, 0.6) is 0 Å². The van der Waals surface area contributed by atoms with Crippen molar-refractivity contribution in [2.24, 2.45) is 0 Å². The van der Waals surface area contributed by atoms with Gasteiger partial charge in [0, 0.05) is 17.8 Å². The van der Waals surface area contributed by atoms with Crippen LogP contribution in [0.4, 0.5) is 13.2 Å². The van der Waals surface area contributed by atoms with Crippen molar-refractivity contribution in [2.45, 2.75) is 24.4 Å². The molecule has 0 amide bonds. The highest BCUT2D eigenvalue weighted by Gasteiger charge is 2.30. The van der Waals surface area contributed by atoms with E-state index in [0.717, 1.165) is 17.8 Å². The number of nitrogens with zero attached hydrogens (tertiary/aromatic N) is 1. The normalized spacial score (nSPS) is 14.8. The van der Waals surface area contributed by atoms with Crippen LogP contribution in [0, 0.1) is 0 Å². The lowest BCUT2D eigenvalue weighted by Gasteiger charge is -2.18. The summed E-state index contributed by atoms with van der Waals surface area (Å²) in [5.41, 5.74) is 0.792. The van der Waals surface area contributed by atoms with Gasteiger partial charge >= 0.3 is 6.18 Å². The van der Waals surface area contributed by atoms with E-state index in [0.29, 0.717) is 5.56 Å². The topological polar surface area (TPSA) is 12.9 Å². The minimum absolute atomic E-state index is 0.0883. The fourth-order valence-corrected chi connectivity index (χ4v) is 2.21. The Labute approximate surface area is 120 Å². The van der Waals surface area contributed by atoms with Crippen LogP contribution >= 0.6 is 11.6 Å². The van der Waals surface area contributed by atoms with Gasteiger partial charge in [0.25, 0.3) is 0 Å². The van der Waals surface area contributed by atoms with E-state index in [9.17, 15) is 13.2 Å². The number of benzene rings is 1. The Bertz CT molecular complexity index is 552. The van der Waals surface area contributed by atoms with Gasteiger partial charge in [-0.05, 0) is 29.8 Å². The molecule has 0 saturated carbocycles. The van der Waals surface area contributed by atoms with Crippen molar-refractivity contribution >= 4 is 11.6 Å². The smallest absolute Gasteiger partial charge is 0.261 e. The van der Waals surface area contributed by atoms with Crippen LogP contribution in [0.3, 0.4) is 0 Å². The molecule has 2 aromatic rings. The number of hydrogen-bond donors (Lipinski definition) is 0. The number of rotatable bonds is 3. The molecule has 5 heteroatoms. The van der Waals surface area contributed by atoms with E-state index in [2.05, 4.69) is 4.98 Å². The van der Waals surface area contributed by atoms with E-state index in [1.165, 1.54) is 12.1 Å². The Morgan fingerprint density at radius 1 is 1.05 bits per heavy atom. The molecule has 1 heterocycles. The SMILES string of the molecule is CC(c1ccccn1)C(Cl)c1ccc(C(F)(F)F)cc1. The van der Waals surface area contributed by atoms with Gasteiger partial charge < -0.3 is 0 Å². The third-order valence-corrected chi connectivity index (χ3v) is 3.78. The number of alkyl halides is 4. The number of halogens is 4. The lowest BCUT2D eigenvalue weighted by atomic mass is 9.96. The van der Waals surface area contributed by atoms with Crippen LogP contribution in [0.1, 0.15) is 35.0 Å². The van der Waals surface area contributed by atoms with Gasteiger partial charge in [-0.3, -0.25) is 4.98 Å². The van der Waals surface area contributed by atoms with E-state index in [1.807, 2.05) is 19.1 Å². The second-order valence-corrected chi connectivity index (χ2v) is 5.04. The molecular formula is C15H13ClF3N. The quantitative estimate of drug-likeness (QED) is 0.711. The number of aromatic nitrogens is 1. The fourth-order valence-electron chi connectivity index (χ4n) is 1.94. The minimum Gasteiger partial charge on any atom is -0.261 e. The molecule has 1 nitrogen and oxygen atoms in total. The third kappa shape index (κ3) is 3.31. The number of hydrogen-bond acceptors (Lipinski definition) is 1. The highest BCUT2D eigenvalue weighted by molar-refractivity contribution is 6.21. The summed E-state index contributed by atoms with van der Waals surface area (Å²) in [4.78, 5) is 4.22. The predicted molar refractivity (Wildman–Crippen MR) is 72.7 cm³/mol.